The van der Waals surface area contributed by atoms with Gasteiger partial charge in [0.1, 0.15) is 17.7 Å². The van der Waals surface area contributed by atoms with Gasteiger partial charge in [0.05, 0.1) is 45.2 Å². The number of halogens is 3. The number of nitriles is 1. The second-order valence-electron chi connectivity index (χ2n) is 13.5. The van der Waals surface area contributed by atoms with E-state index in [0.717, 1.165) is 24.9 Å². The summed E-state index contributed by atoms with van der Waals surface area (Å²) in [4.78, 5) is 22.0. The number of aromatic nitrogens is 4. The number of ether oxygens (including phenoxy) is 2. The Kier molecular flexibility index (Phi) is 9.47. The second-order valence-corrected chi connectivity index (χ2v) is 14.6. The van der Waals surface area contributed by atoms with Crippen LogP contribution in [0.1, 0.15) is 64.5 Å². The summed E-state index contributed by atoms with van der Waals surface area (Å²) >= 11 is 20.9. The zero-order valence-corrected chi connectivity index (χ0v) is 29.5. The number of carbonyl (C=O) groups is 1. The van der Waals surface area contributed by atoms with Crippen molar-refractivity contribution >= 4 is 62.8 Å². The minimum absolute atomic E-state index is 0.159. The molecule has 2 saturated heterocycles. The third-order valence-electron chi connectivity index (χ3n) is 9.09. The molecule has 2 fully saturated rings. The van der Waals surface area contributed by atoms with E-state index in [1.54, 1.807) is 4.90 Å². The molecular weight excluding hydrogens is 661 g/mol. The highest BCUT2D eigenvalue weighted by molar-refractivity contribution is 6.45. The van der Waals surface area contributed by atoms with Gasteiger partial charge in [0.15, 0.2) is 5.52 Å². The fourth-order valence-electron chi connectivity index (χ4n) is 6.66. The molecule has 13 heteroatoms. The number of carbonyl (C=O) groups excluding carboxylic acids is 1. The van der Waals surface area contributed by atoms with Crippen LogP contribution in [-0.2, 0) is 4.74 Å². The zero-order chi connectivity index (χ0) is 33.6. The van der Waals surface area contributed by atoms with Crippen molar-refractivity contribution in [2.45, 2.75) is 83.5 Å². The lowest BCUT2D eigenvalue weighted by Crippen LogP contribution is -2.48. The molecule has 0 bridgehead atoms. The molecule has 4 heterocycles. The van der Waals surface area contributed by atoms with Crippen molar-refractivity contribution in [1.82, 2.24) is 29.8 Å². The van der Waals surface area contributed by atoms with E-state index < -0.39 is 11.7 Å². The topological polar surface area (TPSA) is 109 Å². The summed E-state index contributed by atoms with van der Waals surface area (Å²) < 4.78 is 13.9. The number of amides is 1. The molecule has 2 aliphatic heterocycles. The molecule has 3 atom stereocenters. The number of rotatable bonds is 6. The summed E-state index contributed by atoms with van der Waals surface area (Å²) in [5.74, 6) is 0.337. The van der Waals surface area contributed by atoms with E-state index in [1.165, 1.54) is 0 Å². The molecule has 0 unspecified atom stereocenters. The average molecular weight is 699 g/mol. The van der Waals surface area contributed by atoms with Crippen LogP contribution in [0.5, 0.6) is 5.88 Å². The highest BCUT2D eigenvalue weighted by Gasteiger charge is 2.37. The molecule has 2 aromatic heterocycles. The van der Waals surface area contributed by atoms with Crippen molar-refractivity contribution < 1.29 is 14.3 Å². The van der Waals surface area contributed by atoms with Crippen molar-refractivity contribution in [3.05, 3.63) is 44.9 Å². The molecule has 4 aromatic rings. The van der Waals surface area contributed by atoms with Crippen LogP contribution in [0.25, 0.3) is 33.1 Å². The van der Waals surface area contributed by atoms with Gasteiger partial charge in [-0.1, -0.05) is 58.2 Å². The molecule has 0 aliphatic carbocycles. The van der Waals surface area contributed by atoms with Gasteiger partial charge in [-0.05, 0) is 78.6 Å². The van der Waals surface area contributed by atoms with E-state index in [0.29, 0.717) is 80.0 Å². The first-order valence-corrected chi connectivity index (χ1v) is 17.0. The number of likely N-dealkylation sites (N-methyl/N-ethyl adjacent to an activating group) is 1. The summed E-state index contributed by atoms with van der Waals surface area (Å²) in [7, 11) is 2.10. The lowest BCUT2D eigenvalue weighted by Gasteiger charge is -2.39. The maximum absolute atomic E-state index is 13.1. The summed E-state index contributed by atoms with van der Waals surface area (Å²) in [6, 6.07) is 9.52. The zero-order valence-electron chi connectivity index (χ0n) is 27.2. The van der Waals surface area contributed by atoms with E-state index in [4.69, 9.17) is 49.3 Å². The maximum Gasteiger partial charge on any atom is 0.410 e. The van der Waals surface area contributed by atoms with E-state index in [2.05, 4.69) is 28.3 Å². The first-order chi connectivity index (χ1) is 22.4. The van der Waals surface area contributed by atoms with Gasteiger partial charge in [-0.2, -0.15) is 5.26 Å². The van der Waals surface area contributed by atoms with Crippen molar-refractivity contribution in [1.29, 1.82) is 5.26 Å². The fourth-order valence-corrected chi connectivity index (χ4v) is 7.58. The summed E-state index contributed by atoms with van der Waals surface area (Å²) in [6.45, 7) is 9.27. The maximum atomic E-state index is 13.1. The highest BCUT2D eigenvalue weighted by atomic mass is 35.5. The van der Waals surface area contributed by atoms with Gasteiger partial charge >= 0.3 is 6.09 Å². The van der Waals surface area contributed by atoms with Crippen LogP contribution in [-0.4, -0.2) is 80.3 Å². The van der Waals surface area contributed by atoms with Gasteiger partial charge < -0.3 is 19.3 Å². The van der Waals surface area contributed by atoms with Gasteiger partial charge in [0.2, 0.25) is 5.88 Å². The van der Waals surface area contributed by atoms with Gasteiger partial charge in [-0.3, -0.25) is 0 Å². The van der Waals surface area contributed by atoms with Crippen LogP contribution in [0.2, 0.25) is 15.1 Å². The van der Waals surface area contributed by atoms with Crippen molar-refractivity contribution in [3.63, 3.8) is 0 Å². The lowest BCUT2D eigenvalue weighted by atomic mass is 9.95. The predicted molar refractivity (Wildman–Crippen MR) is 184 cm³/mol. The van der Waals surface area contributed by atoms with Gasteiger partial charge in [0.25, 0.3) is 0 Å². The van der Waals surface area contributed by atoms with Gasteiger partial charge in [0, 0.05) is 29.1 Å². The third-order valence-corrected chi connectivity index (χ3v) is 10.3. The first kappa shape index (κ1) is 33.5. The van der Waals surface area contributed by atoms with Crippen molar-refractivity contribution in [3.8, 4) is 23.1 Å². The molecule has 1 amide bonds. The van der Waals surface area contributed by atoms with Crippen LogP contribution < -0.4 is 4.74 Å². The second kappa shape index (κ2) is 13.3. The Morgan fingerprint density at radius 3 is 2.60 bits per heavy atom. The Labute approximate surface area is 289 Å². The SMILES string of the molecule is Cc1cccc(-c2c(Cl)cc3c(nc(OC[C@@H]4CCCN4C)c4nnn([C@H]5CCN(C(=O)OC(C)(C)C)[C@H](CC#N)C5)c43)c2Cl)c1Cl. The highest BCUT2D eigenvalue weighted by Crippen LogP contribution is 2.46. The van der Waals surface area contributed by atoms with E-state index in [1.807, 2.05) is 56.6 Å². The van der Waals surface area contributed by atoms with Crippen molar-refractivity contribution in [2.24, 2.45) is 0 Å². The number of benzene rings is 2. The summed E-state index contributed by atoms with van der Waals surface area (Å²) in [5.41, 5.74) is 3.22. The van der Waals surface area contributed by atoms with Crippen LogP contribution in [0.15, 0.2) is 24.3 Å². The molecule has 47 heavy (non-hydrogen) atoms. The number of nitrogens with zero attached hydrogens (tertiary/aromatic N) is 7. The van der Waals surface area contributed by atoms with Gasteiger partial charge in [-0.25, -0.2) is 14.5 Å². The number of likely N-dealkylation sites (tertiary alicyclic amines) is 2. The Bertz CT molecular complexity index is 1880. The summed E-state index contributed by atoms with van der Waals surface area (Å²) in [6.07, 6.45) is 2.93. The Morgan fingerprint density at radius 2 is 1.89 bits per heavy atom. The van der Waals surface area contributed by atoms with Crippen molar-refractivity contribution in [2.75, 3.05) is 26.7 Å². The molecule has 2 aromatic carbocycles. The average Bonchev–Trinajstić information content (AvgIpc) is 3.64. The number of fused-ring (bicyclic) bond motifs is 3. The standard InChI is InChI=1S/C34H38Cl3N7O3/c1-19-8-6-10-23(27(19)36)26-25(35)17-24-29(28(26)37)39-32(46-18-22-9-7-14-42(22)5)30-31(24)44(41-40-30)21-12-15-43(20(16-21)11-13-38)33(45)47-34(2,3)4/h6,8,10,17,20-22H,7,9,11-12,14-16,18H2,1-5H3/t20-,21+,22+/m1/s1. The largest absolute Gasteiger partial charge is 0.474 e. The van der Waals surface area contributed by atoms with Crippen LogP contribution >= 0.6 is 34.8 Å². The minimum atomic E-state index is -0.650. The third kappa shape index (κ3) is 6.56. The molecule has 0 radical (unpaired) electrons. The van der Waals surface area contributed by atoms with Gasteiger partial charge in [-0.15, -0.1) is 5.10 Å². The molecule has 0 saturated carbocycles. The molecule has 6 rings (SSSR count). The monoisotopic (exact) mass is 697 g/mol. The quantitative estimate of drug-likeness (QED) is 0.198. The van der Waals surface area contributed by atoms with Crippen LogP contribution in [0.3, 0.4) is 0 Å². The molecular formula is C34H38Cl3N7O3. The summed E-state index contributed by atoms with van der Waals surface area (Å²) in [5, 5.41) is 20.9. The lowest BCUT2D eigenvalue weighted by molar-refractivity contribution is 0.00557. The van der Waals surface area contributed by atoms with E-state index in [-0.39, 0.29) is 24.5 Å². The number of aryl methyl sites for hydroxylation is 1. The number of hydrogen-bond acceptors (Lipinski definition) is 8. The van der Waals surface area contributed by atoms with E-state index >= 15 is 0 Å². The van der Waals surface area contributed by atoms with Crippen LogP contribution in [0.4, 0.5) is 4.79 Å². The molecule has 2 aliphatic rings. The number of piperidine rings is 1. The molecule has 248 valence electrons. The number of hydrogen-bond donors (Lipinski definition) is 0. The first-order valence-electron chi connectivity index (χ1n) is 15.9. The Balaban J connectivity index is 1.47. The fraction of sp³-hybridized carbons (Fsp3) is 0.500. The smallest absolute Gasteiger partial charge is 0.410 e. The molecule has 0 spiro atoms. The predicted octanol–water partition coefficient (Wildman–Crippen LogP) is 8.24. The molecule has 10 nitrogen and oxygen atoms in total. The van der Waals surface area contributed by atoms with E-state index in [9.17, 15) is 10.1 Å². The number of pyridine rings is 1. The Morgan fingerprint density at radius 1 is 1.11 bits per heavy atom. The molecule has 0 N–H and O–H groups in total. The Hall–Kier alpha value is -3.36. The normalized spacial score (nSPS) is 20.6. The minimum Gasteiger partial charge on any atom is -0.474 e. The van der Waals surface area contributed by atoms with Crippen LogP contribution in [0, 0.1) is 18.3 Å².